The van der Waals surface area contributed by atoms with Crippen molar-refractivity contribution >= 4 is 44.8 Å². The largest absolute Gasteiger partial charge is 0.346 e. The van der Waals surface area contributed by atoms with E-state index in [4.69, 9.17) is 11.6 Å². The third-order valence-electron chi connectivity index (χ3n) is 2.32. The molecule has 1 atom stereocenters. The molecule has 0 fully saturated rings. The Morgan fingerprint density at radius 1 is 1.73 bits per heavy atom. The van der Waals surface area contributed by atoms with Gasteiger partial charge in [0.2, 0.25) is 0 Å². The molecule has 0 spiro atoms. The molecule has 0 aliphatic carbocycles. The fraction of sp³-hybridized carbons (Fsp3) is 0.500. The summed E-state index contributed by atoms with van der Waals surface area (Å²) in [6.45, 7) is 3.95. The van der Waals surface area contributed by atoms with Crippen LogP contribution in [-0.4, -0.2) is 17.3 Å². The quantitative estimate of drug-likeness (QED) is 0.845. The van der Waals surface area contributed by atoms with E-state index in [-0.39, 0.29) is 11.4 Å². The van der Waals surface area contributed by atoms with Crippen molar-refractivity contribution < 1.29 is 4.79 Å². The molecule has 5 heteroatoms. The van der Waals surface area contributed by atoms with Gasteiger partial charge in [-0.1, -0.05) is 6.92 Å². The van der Waals surface area contributed by atoms with Crippen molar-refractivity contribution in [1.82, 2.24) is 5.32 Å². The van der Waals surface area contributed by atoms with Gasteiger partial charge in [0.1, 0.15) is 0 Å². The van der Waals surface area contributed by atoms with E-state index in [0.717, 1.165) is 10.2 Å². The molecule has 0 saturated heterocycles. The number of amides is 1. The normalized spacial score (nSPS) is 14.7. The predicted octanol–water partition coefficient (Wildman–Crippen LogP) is 3.65. The predicted molar refractivity (Wildman–Crippen MR) is 68.9 cm³/mol. The fourth-order valence-corrected chi connectivity index (χ4v) is 2.38. The van der Waals surface area contributed by atoms with Crippen LogP contribution in [-0.2, 0) is 0 Å². The third kappa shape index (κ3) is 3.47. The van der Waals surface area contributed by atoms with Crippen molar-refractivity contribution in [2.75, 3.05) is 5.88 Å². The Morgan fingerprint density at radius 2 is 2.40 bits per heavy atom. The molecule has 1 unspecified atom stereocenters. The zero-order valence-electron chi connectivity index (χ0n) is 8.64. The molecule has 0 aliphatic heterocycles. The lowest BCUT2D eigenvalue weighted by Gasteiger charge is -2.26. The van der Waals surface area contributed by atoms with Crippen LogP contribution < -0.4 is 5.32 Å². The molecule has 1 N–H and O–H groups in total. The first-order valence-electron chi connectivity index (χ1n) is 4.63. The lowest BCUT2D eigenvalue weighted by molar-refractivity contribution is 0.0913. The number of hydrogen-bond acceptors (Lipinski definition) is 2. The van der Waals surface area contributed by atoms with Gasteiger partial charge in [0.15, 0.2) is 0 Å². The smallest absolute Gasteiger partial charge is 0.252 e. The van der Waals surface area contributed by atoms with E-state index in [0.29, 0.717) is 11.4 Å². The van der Waals surface area contributed by atoms with Crippen molar-refractivity contribution in [3.8, 4) is 0 Å². The van der Waals surface area contributed by atoms with Crippen molar-refractivity contribution in [2.45, 2.75) is 25.8 Å². The molecule has 1 heterocycles. The molecular weight excluding hydrogens is 298 g/mol. The zero-order chi connectivity index (χ0) is 11.5. The second-order valence-corrected chi connectivity index (χ2v) is 6.20. The lowest BCUT2D eigenvalue weighted by Crippen LogP contribution is -2.46. The third-order valence-corrected chi connectivity index (χ3v) is 4.41. The van der Waals surface area contributed by atoms with Crippen molar-refractivity contribution in [3.05, 3.63) is 20.8 Å². The average molecular weight is 311 g/mol. The van der Waals surface area contributed by atoms with Gasteiger partial charge in [-0.05, 0) is 35.3 Å². The maximum absolute atomic E-state index is 11.8. The number of hydrogen-bond donors (Lipinski definition) is 1. The van der Waals surface area contributed by atoms with Crippen molar-refractivity contribution in [2.24, 2.45) is 0 Å². The Balaban J connectivity index is 2.71. The fourth-order valence-electron chi connectivity index (χ4n) is 0.992. The molecule has 0 saturated carbocycles. The van der Waals surface area contributed by atoms with Gasteiger partial charge in [0.25, 0.3) is 5.91 Å². The van der Waals surface area contributed by atoms with Gasteiger partial charge >= 0.3 is 0 Å². The molecule has 0 aliphatic rings. The second-order valence-electron chi connectivity index (χ2n) is 3.64. The number of halogens is 2. The van der Waals surface area contributed by atoms with Gasteiger partial charge in [-0.3, -0.25) is 4.79 Å². The molecule has 0 radical (unpaired) electrons. The molecule has 84 valence electrons. The van der Waals surface area contributed by atoms with Gasteiger partial charge in [0.05, 0.1) is 14.9 Å². The molecular formula is C10H13BrClNOS. The lowest BCUT2D eigenvalue weighted by atomic mass is 10.0. The van der Waals surface area contributed by atoms with Gasteiger partial charge in [-0.2, -0.15) is 0 Å². The first kappa shape index (κ1) is 13.0. The monoisotopic (exact) mass is 309 g/mol. The SMILES string of the molecule is CCC(C)(CCl)NC(=O)c1csc(Br)c1. The standard InChI is InChI=1S/C10H13BrClNOS/c1-3-10(2,6-12)13-9(14)7-4-8(11)15-5-7/h4-5H,3,6H2,1-2H3,(H,13,14). The molecule has 1 aromatic rings. The van der Waals surface area contributed by atoms with Crippen molar-refractivity contribution in [1.29, 1.82) is 0 Å². The van der Waals surface area contributed by atoms with Crippen LogP contribution in [0.2, 0.25) is 0 Å². The molecule has 15 heavy (non-hydrogen) atoms. The Labute approximate surface area is 107 Å². The van der Waals surface area contributed by atoms with Crippen LogP contribution in [0.25, 0.3) is 0 Å². The van der Waals surface area contributed by atoms with Crippen LogP contribution in [0.3, 0.4) is 0 Å². The minimum Gasteiger partial charge on any atom is -0.346 e. The Bertz CT molecular complexity index is 349. The molecule has 1 rings (SSSR count). The van der Waals surface area contributed by atoms with E-state index in [1.165, 1.54) is 11.3 Å². The van der Waals surface area contributed by atoms with E-state index in [9.17, 15) is 4.79 Å². The molecule has 0 aromatic carbocycles. The second kappa shape index (κ2) is 5.32. The highest BCUT2D eigenvalue weighted by Gasteiger charge is 2.23. The highest BCUT2D eigenvalue weighted by atomic mass is 79.9. The van der Waals surface area contributed by atoms with Gasteiger partial charge < -0.3 is 5.32 Å². The summed E-state index contributed by atoms with van der Waals surface area (Å²) in [6, 6.07) is 1.81. The summed E-state index contributed by atoms with van der Waals surface area (Å²) in [6.07, 6.45) is 0.813. The Kier molecular flexibility index (Phi) is 4.62. The Hall–Kier alpha value is -0.0600. The number of nitrogens with one attached hydrogen (secondary N) is 1. The van der Waals surface area contributed by atoms with Crippen LogP contribution in [0, 0.1) is 0 Å². The average Bonchev–Trinajstić information content (AvgIpc) is 2.65. The maximum atomic E-state index is 11.8. The van der Waals surface area contributed by atoms with Gasteiger partial charge in [0, 0.05) is 11.3 Å². The van der Waals surface area contributed by atoms with E-state index >= 15 is 0 Å². The van der Waals surface area contributed by atoms with Crippen molar-refractivity contribution in [3.63, 3.8) is 0 Å². The Morgan fingerprint density at radius 3 is 2.80 bits per heavy atom. The van der Waals surface area contributed by atoms with Crippen LogP contribution >= 0.6 is 38.9 Å². The first-order chi connectivity index (χ1) is 7.00. The van der Waals surface area contributed by atoms with Gasteiger partial charge in [-0.15, -0.1) is 22.9 Å². The number of carbonyl (C=O) groups is 1. The molecule has 2 nitrogen and oxygen atoms in total. The highest BCUT2D eigenvalue weighted by molar-refractivity contribution is 9.11. The summed E-state index contributed by atoms with van der Waals surface area (Å²) >= 11 is 10.6. The number of thiophene rings is 1. The first-order valence-corrected chi connectivity index (χ1v) is 6.84. The number of carbonyl (C=O) groups excluding carboxylic acids is 1. The minimum absolute atomic E-state index is 0.0676. The molecule has 1 amide bonds. The summed E-state index contributed by atoms with van der Waals surface area (Å²) in [5.74, 6) is 0.350. The van der Waals surface area contributed by atoms with Crippen LogP contribution in [0.4, 0.5) is 0 Å². The summed E-state index contributed by atoms with van der Waals surface area (Å²) in [5.41, 5.74) is 0.351. The number of alkyl halides is 1. The summed E-state index contributed by atoms with van der Waals surface area (Å²) in [5, 5.41) is 4.76. The zero-order valence-corrected chi connectivity index (χ0v) is 11.8. The van der Waals surface area contributed by atoms with E-state index in [1.807, 2.05) is 25.3 Å². The van der Waals surface area contributed by atoms with Crippen LogP contribution in [0.15, 0.2) is 15.2 Å². The maximum Gasteiger partial charge on any atom is 0.252 e. The summed E-state index contributed by atoms with van der Waals surface area (Å²) < 4.78 is 0.955. The summed E-state index contributed by atoms with van der Waals surface area (Å²) in [7, 11) is 0. The van der Waals surface area contributed by atoms with E-state index in [1.54, 1.807) is 0 Å². The minimum atomic E-state index is -0.326. The van der Waals surface area contributed by atoms with Gasteiger partial charge in [-0.25, -0.2) is 0 Å². The van der Waals surface area contributed by atoms with E-state index in [2.05, 4.69) is 21.2 Å². The molecule has 0 bridgehead atoms. The highest BCUT2D eigenvalue weighted by Crippen LogP contribution is 2.21. The number of rotatable bonds is 4. The van der Waals surface area contributed by atoms with Crippen LogP contribution in [0.1, 0.15) is 30.6 Å². The molecule has 1 aromatic heterocycles. The topological polar surface area (TPSA) is 29.1 Å². The van der Waals surface area contributed by atoms with E-state index < -0.39 is 0 Å². The summed E-state index contributed by atoms with van der Waals surface area (Å²) in [4.78, 5) is 11.8. The van der Waals surface area contributed by atoms with Crippen LogP contribution in [0.5, 0.6) is 0 Å².